The van der Waals surface area contributed by atoms with Gasteiger partial charge in [0.2, 0.25) is 0 Å². The second kappa shape index (κ2) is 24.2. The molecule has 172 valence electrons. The van der Waals surface area contributed by atoms with E-state index in [0.29, 0.717) is 0 Å². The van der Waals surface area contributed by atoms with Crippen molar-refractivity contribution < 1.29 is 0 Å². The number of imidazole rings is 1. The molecule has 0 atom stereocenters. The van der Waals surface area contributed by atoms with Crippen molar-refractivity contribution in [3.8, 4) is 0 Å². The highest BCUT2D eigenvalue weighted by Crippen LogP contribution is 1.80. The molecule has 0 amide bonds. The summed E-state index contributed by atoms with van der Waals surface area (Å²) in [6.45, 7) is 0. The van der Waals surface area contributed by atoms with E-state index in [1.165, 1.54) is 6.33 Å². The van der Waals surface area contributed by atoms with Crippen molar-refractivity contribution >= 4 is 0 Å². The third kappa shape index (κ3) is 21.7. The van der Waals surface area contributed by atoms with Gasteiger partial charge in [-0.25, -0.2) is 15.0 Å². The van der Waals surface area contributed by atoms with Gasteiger partial charge < -0.3 is 4.98 Å². The molecule has 0 radical (unpaired) electrons. The van der Waals surface area contributed by atoms with E-state index in [0.717, 1.165) is 0 Å². The lowest BCUT2D eigenvalue weighted by atomic mass is 10.4. The van der Waals surface area contributed by atoms with Gasteiger partial charge in [-0.1, -0.05) is 42.5 Å². The summed E-state index contributed by atoms with van der Waals surface area (Å²) >= 11 is 0. The number of aromatic amines is 2. The average Bonchev–Trinajstić information content (AvgIpc) is 3.74. The van der Waals surface area contributed by atoms with Crippen molar-refractivity contribution in [3.05, 3.63) is 154 Å². The molecule has 0 unspecified atom stereocenters. The van der Waals surface area contributed by atoms with Crippen LogP contribution in [0.1, 0.15) is 0 Å². The van der Waals surface area contributed by atoms with Gasteiger partial charge in [0.25, 0.3) is 0 Å². The summed E-state index contributed by atoms with van der Waals surface area (Å²) in [6.07, 6.45) is 23.5. The second-order valence-corrected chi connectivity index (χ2v) is 5.50. The fourth-order valence-electron chi connectivity index (χ4n) is 1.63. The van der Waals surface area contributed by atoms with E-state index in [9.17, 15) is 0 Å². The Labute approximate surface area is 199 Å². The quantitative estimate of drug-likeness (QED) is 0.346. The van der Waals surface area contributed by atoms with Crippen LogP contribution < -0.4 is 0 Å². The van der Waals surface area contributed by atoms with Crippen molar-refractivity contribution in [3.63, 3.8) is 0 Å². The molecule has 5 heterocycles. The smallest absolute Gasteiger partial charge is 0.115 e. The van der Waals surface area contributed by atoms with Crippen LogP contribution in [0.5, 0.6) is 0 Å². The molecule has 0 saturated carbocycles. The Hall–Kier alpha value is -5.05. The minimum Gasteiger partial charge on any atom is -0.351 e. The maximum Gasteiger partial charge on any atom is 0.115 e. The van der Waals surface area contributed by atoms with Gasteiger partial charge in [0, 0.05) is 74.4 Å². The molecule has 9 nitrogen and oxygen atoms in total. The summed E-state index contributed by atoms with van der Waals surface area (Å²) in [5.41, 5.74) is 0. The van der Waals surface area contributed by atoms with Crippen LogP contribution in [0.25, 0.3) is 0 Å². The second-order valence-electron chi connectivity index (χ2n) is 5.50. The third-order valence-electron chi connectivity index (χ3n) is 3.00. The molecule has 5 aromatic heterocycles. The van der Waals surface area contributed by atoms with Crippen LogP contribution in [-0.4, -0.2) is 45.1 Å². The Bertz CT molecular complexity index is 737. The fraction of sp³-hybridized carbons (Fsp3) is 0. The zero-order valence-corrected chi connectivity index (χ0v) is 18.6. The van der Waals surface area contributed by atoms with Crippen molar-refractivity contribution in [2.24, 2.45) is 0 Å². The van der Waals surface area contributed by atoms with Gasteiger partial charge in [-0.15, -0.1) is 0 Å². The number of benzene rings is 1. The molecular weight excluding hydrogens is 426 g/mol. The van der Waals surface area contributed by atoms with Crippen LogP contribution in [-0.2, 0) is 0 Å². The first-order chi connectivity index (χ1) is 17.0. The zero-order valence-electron chi connectivity index (χ0n) is 18.6. The summed E-state index contributed by atoms with van der Waals surface area (Å²) in [6, 6.07) is 21.3. The maximum absolute atomic E-state index is 3.78. The Balaban J connectivity index is 0.000000204. The van der Waals surface area contributed by atoms with Gasteiger partial charge in [-0.2, -0.15) is 5.10 Å². The van der Waals surface area contributed by atoms with Gasteiger partial charge in [0.15, 0.2) is 0 Å². The average molecular weight is 454 g/mol. The van der Waals surface area contributed by atoms with E-state index in [4.69, 9.17) is 0 Å². The summed E-state index contributed by atoms with van der Waals surface area (Å²) in [5, 5.41) is 6.21. The molecule has 0 fully saturated rings. The van der Waals surface area contributed by atoms with Crippen LogP contribution in [0.2, 0.25) is 0 Å². The van der Waals surface area contributed by atoms with Crippen molar-refractivity contribution in [1.82, 2.24) is 45.1 Å². The number of hydrogen-bond acceptors (Lipinski definition) is 7. The molecule has 9 heteroatoms. The minimum absolute atomic E-state index is 1.50. The first kappa shape index (κ1) is 27.0. The van der Waals surface area contributed by atoms with Gasteiger partial charge in [0.1, 0.15) is 6.33 Å². The number of aromatic nitrogens is 9. The van der Waals surface area contributed by atoms with Crippen LogP contribution >= 0.6 is 0 Å². The van der Waals surface area contributed by atoms with Gasteiger partial charge in [-0.05, 0) is 24.3 Å². The topological polar surface area (TPSA) is 122 Å². The van der Waals surface area contributed by atoms with E-state index in [-0.39, 0.29) is 0 Å². The predicted octanol–water partition coefficient (Wildman–Crippen LogP) is 4.54. The molecule has 6 aromatic rings. The summed E-state index contributed by atoms with van der Waals surface area (Å²) in [4.78, 5) is 25.0. The van der Waals surface area contributed by atoms with E-state index < -0.39 is 0 Å². The Morgan fingerprint density at radius 2 is 0.882 bits per heavy atom. The Morgan fingerprint density at radius 1 is 0.353 bits per heavy atom. The molecule has 34 heavy (non-hydrogen) atoms. The van der Waals surface area contributed by atoms with Crippen LogP contribution in [0.4, 0.5) is 0 Å². The number of hydrogen-bond donors (Lipinski definition) is 2. The lowest BCUT2D eigenvalue weighted by molar-refractivity contribution is 1.09. The van der Waals surface area contributed by atoms with Gasteiger partial charge in [0.05, 0.1) is 6.33 Å². The van der Waals surface area contributed by atoms with E-state index >= 15 is 0 Å². The minimum atomic E-state index is 1.50. The molecule has 0 bridgehead atoms. The Kier molecular flexibility index (Phi) is 19.2. The van der Waals surface area contributed by atoms with E-state index in [1.54, 1.807) is 86.8 Å². The predicted molar refractivity (Wildman–Crippen MR) is 132 cm³/mol. The molecular formula is C25H27N9. The van der Waals surface area contributed by atoms with E-state index in [1.807, 2.05) is 60.7 Å². The standard InChI is InChI=1S/C6H6.C5H5N.2C4H4N2.2C3H4N2/c2*1-2-4-6-5-3-1;1-2-6-4-3-5-1;1-2-5-4-6-3-1;1-2-5-3-4-1;1-2-4-5-3-1/h1-6H;1-5H;2*1-4H;2*1-3H,(H,4,5). The van der Waals surface area contributed by atoms with E-state index in [2.05, 4.69) is 45.1 Å². The number of nitrogens with one attached hydrogen (secondary N) is 2. The third-order valence-corrected chi connectivity index (χ3v) is 3.00. The zero-order chi connectivity index (χ0) is 24.0. The first-order valence-corrected chi connectivity index (χ1v) is 10.1. The maximum atomic E-state index is 3.78. The molecule has 0 aliphatic carbocycles. The molecule has 0 saturated heterocycles. The molecule has 0 aliphatic heterocycles. The van der Waals surface area contributed by atoms with Crippen molar-refractivity contribution in [1.29, 1.82) is 0 Å². The molecule has 0 aliphatic rings. The van der Waals surface area contributed by atoms with Crippen LogP contribution in [0.15, 0.2) is 154 Å². The summed E-state index contributed by atoms with van der Waals surface area (Å²) in [5.74, 6) is 0. The monoisotopic (exact) mass is 453 g/mol. The SMILES string of the molecule is c1c[nH]cn1.c1ccccc1.c1ccncc1.c1cn[nH]c1.c1cnccn1.c1cncnc1. The van der Waals surface area contributed by atoms with Gasteiger partial charge >= 0.3 is 0 Å². The highest BCUT2D eigenvalue weighted by Gasteiger charge is 1.61. The van der Waals surface area contributed by atoms with Crippen LogP contribution in [0.3, 0.4) is 0 Å². The first-order valence-electron chi connectivity index (χ1n) is 10.1. The van der Waals surface area contributed by atoms with Crippen LogP contribution in [0, 0.1) is 0 Å². The molecule has 1 aromatic carbocycles. The van der Waals surface area contributed by atoms with Crippen molar-refractivity contribution in [2.45, 2.75) is 0 Å². The molecule has 2 N–H and O–H groups in total. The summed E-state index contributed by atoms with van der Waals surface area (Å²) < 4.78 is 0. The molecule has 6 rings (SSSR count). The normalized spacial score (nSPS) is 8.00. The molecule has 0 spiro atoms. The lowest BCUT2D eigenvalue weighted by Gasteiger charge is -1.70. The van der Waals surface area contributed by atoms with Gasteiger partial charge in [-0.3, -0.25) is 20.1 Å². The summed E-state index contributed by atoms with van der Waals surface area (Å²) in [7, 11) is 0. The fourth-order valence-corrected chi connectivity index (χ4v) is 1.63. The lowest BCUT2D eigenvalue weighted by Crippen LogP contribution is -1.66. The number of rotatable bonds is 0. The number of H-pyrrole nitrogens is 2. The highest BCUT2D eigenvalue weighted by molar-refractivity contribution is 4.99. The number of nitrogens with zero attached hydrogens (tertiary/aromatic N) is 7. The van der Waals surface area contributed by atoms with Crippen molar-refractivity contribution in [2.75, 3.05) is 0 Å². The highest BCUT2D eigenvalue weighted by atomic mass is 15.1. The Morgan fingerprint density at radius 3 is 1.06 bits per heavy atom. The largest absolute Gasteiger partial charge is 0.351 e. The number of pyridine rings is 1.